The van der Waals surface area contributed by atoms with Crippen molar-refractivity contribution in [3.8, 4) is 0 Å². The van der Waals surface area contributed by atoms with Gasteiger partial charge in [-0.05, 0) is 44.1 Å². The van der Waals surface area contributed by atoms with Gasteiger partial charge in [0.25, 0.3) is 0 Å². The van der Waals surface area contributed by atoms with E-state index in [4.69, 9.17) is 0 Å². The van der Waals surface area contributed by atoms with Gasteiger partial charge >= 0.3 is 0 Å². The molecule has 2 nitrogen and oxygen atoms in total. The summed E-state index contributed by atoms with van der Waals surface area (Å²) in [6.07, 6.45) is 7.10. The van der Waals surface area contributed by atoms with Gasteiger partial charge < -0.3 is 10.4 Å². The molecule has 0 aromatic rings. The van der Waals surface area contributed by atoms with E-state index >= 15 is 0 Å². The van der Waals surface area contributed by atoms with Gasteiger partial charge in [-0.1, -0.05) is 33.6 Å². The molecule has 1 aliphatic rings. The van der Waals surface area contributed by atoms with Crippen LogP contribution in [0.2, 0.25) is 0 Å². The van der Waals surface area contributed by atoms with Gasteiger partial charge in [-0.25, -0.2) is 0 Å². The third-order valence-corrected chi connectivity index (χ3v) is 4.04. The molecule has 16 heavy (non-hydrogen) atoms. The van der Waals surface area contributed by atoms with Crippen LogP contribution in [0.1, 0.15) is 59.3 Å². The molecular weight excluding hydrogens is 198 g/mol. The lowest BCUT2D eigenvalue weighted by molar-refractivity contribution is 0.154. The summed E-state index contributed by atoms with van der Waals surface area (Å²) in [6.45, 7) is 7.70. The van der Waals surface area contributed by atoms with Crippen LogP contribution in [0.4, 0.5) is 0 Å². The van der Waals surface area contributed by atoms with Crippen molar-refractivity contribution in [2.24, 2.45) is 11.8 Å². The Morgan fingerprint density at radius 2 is 2.06 bits per heavy atom. The number of rotatable bonds is 6. The van der Waals surface area contributed by atoms with Gasteiger partial charge in [0.15, 0.2) is 0 Å². The monoisotopic (exact) mass is 227 g/mol. The topological polar surface area (TPSA) is 32.3 Å². The predicted molar refractivity (Wildman–Crippen MR) is 69.5 cm³/mol. The Labute approximate surface area is 101 Å². The number of nitrogens with one attached hydrogen (secondary N) is 1. The molecule has 0 saturated heterocycles. The summed E-state index contributed by atoms with van der Waals surface area (Å²) < 4.78 is 0. The number of hydrogen-bond acceptors (Lipinski definition) is 2. The molecule has 1 fully saturated rings. The second-order valence-corrected chi connectivity index (χ2v) is 5.67. The summed E-state index contributed by atoms with van der Waals surface area (Å²) in [5.74, 6) is 1.73. The lowest BCUT2D eigenvalue weighted by Crippen LogP contribution is -2.36. The Kier molecular flexibility index (Phi) is 6.37. The molecule has 3 unspecified atom stereocenters. The van der Waals surface area contributed by atoms with Crippen LogP contribution in [0, 0.1) is 11.8 Å². The molecule has 2 heteroatoms. The summed E-state index contributed by atoms with van der Waals surface area (Å²) >= 11 is 0. The predicted octanol–water partition coefficient (Wildman–Crippen LogP) is 2.95. The van der Waals surface area contributed by atoms with E-state index in [2.05, 4.69) is 19.2 Å². The molecule has 1 saturated carbocycles. The zero-order chi connectivity index (χ0) is 12.0. The van der Waals surface area contributed by atoms with Crippen LogP contribution in [0.15, 0.2) is 0 Å². The highest BCUT2D eigenvalue weighted by Crippen LogP contribution is 2.29. The fourth-order valence-electron chi connectivity index (χ4n) is 2.68. The minimum atomic E-state index is -0.114. The van der Waals surface area contributed by atoms with Crippen molar-refractivity contribution in [2.45, 2.75) is 71.4 Å². The average Bonchev–Trinajstić information content (AvgIpc) is 2.29. The maximum Gasteiger partial charge on any atom is 0.0549 e. The molecule has 2 N–H and O–H groups in total. The molecule has 96 valence electrons. The molecule has 0 bridgehead atoms. The molecule has 0 radical (unpaired) electrons. The van der Waals surface area contributed by atoms with Gasteiger partial charge in [0.2, 0.25) is 0 Å². The third-order valence-electron chi connectivity index (χ3n) is 4.04. The molecule has 0 aromatic carbocycles. The molecule has 1 rings (SSSR count). The van der Waals surface area contributed by atoms with Crippen molar-refractivity contribution >= 4 is 0 Å². The summed E-state index contributed by atoms with van der Waals surface area (Å²) in [5, 5.41) is 13.1. The smallest absolute Gasteiger partial charge is 0.0549 e. The van der Waals surface area contributed by atoms with Gasteiger partial charge in [-0.3, -0.25) is 0 Å². The fraction of sp³-hybridized carbons (Fsp3) is 1.00. The minimum Gasteiger partial charge on any atom is -0.393 e. The summed E-state index contributed by atoms with van der Waals surface area (Å²) in [6, 6.07) is 0.699. The van der Waals surface area contributed by atoms with Crippen molar-refractivity contribution in [3.63, 3.8) is 0 Å². The van der Waals surface area contributed by atoms with E-state index in [0.717, 1.165) is 31.2 Å². The summed E-state index contributed by atoms with van der Waals surface area (Å²) in [7, 11) is 0. The van der Waals surface area contributed by atoms with Crippen molar-refractivity contribution in [3.05, 3.63) is 0 Å². The Morgan fingerprint density at radius 1 is 1.31 bits per heavy atom. The van der Waals surface area contributed by atoms with Gasteiger partial charge in [-0.2, -0.15) is 0 Å². The van der Waals surface area contributed by atoms with E-state index in [0.29, 0.717) is 6.04 Å². The zero-order valence-corrected chi connectivity index (χ0v) is 11.2. The van der Waals surface area contributed by atoms with E-state index in [1.807, 2.05) is 6.92 Å². The number of hydrogen-bond donors (Lipinski definition) is 2. The highest BCUT2D eigenvalue weighted by molar-refractivity contribution is 4.79. The van der Waals surface area contributed by atoms with E-state index in [9.17, 15) is 5.11 Å². The first-order valence-corrected chi connectivity index (χ1v) is 7.05. The molecule has 0 heterocycles. The molecule has 3 atom stereocenters. The molecule has 0 aliphatic heterocycles. The van der Waals surface area contributed by atoms with E-state index in [1.165, 1.54) is 25.7 Å². The van der Waals surface area contributed by atoms with Crippen molar-refractivity contribution in [1.29, 1.82) is 0 Å². The standard InChI is InChI=1S/C14H29NO/c1-4-14(16)8-9-15-13-7-5-6-12(10-13)11(2)3/h11-16H,4-10H2,1-3H3. The first-order chi connectivity index (χ1) is 7.63. The van der Waals surface area contributed by atoms with E-state index in [1.54, 1.807) is 0 Å². The van der Waals surface area contributed by atoms with E-state index < -0.39 is 0 Å². The van der Waals surface area contributed by atoms with Crippen molar-refractivity contribution < 1.29 is 5.11 Å². The fourth-order valence-corrected chi connectivity index (χ4v) is 2.68. The van der Waals surface area contributed by atoms with Gasteiger partial charge in [-0.15, -0.1) is 0 Å². The second kappa shape index (κ2) is 7.29. The van der Waals surface area contributed by atoms with Crippen LogP contribution in [-0.4, -0.2) is 23.8 Å². The van der Waals surface area contributed by atoms with Crippen LogP contribution in [-0.2, 0) is 0 Å². The average molecular weight is 227 g/mol. The lowest BCUT2D eigenvalue weighted by Gasteiger charge is -2.32. The molecule has 0 aromatic heterocycles. The number of aliphatic hydroxyl groups is 1. The largest absolute Gasteiger partial charge is 0.393 e. The van der Waals surface area contributed by atoms with Gasteiger partial charge in [0, 0.05) is 6.04 Å². The molecule has 0 spiro atoms. The first-order valence-electron chi connectivity index (χ1n) is 7.05. The summed E-state index contributed by atoms with van der Waals surface area (Å²) in [5.41, 5.74) is 0. The van der Waals surface area contributed by atoms with Crippen LogP contribution < -0.4 is 5.32 Å². The maximum atomic E-state index is 9.49. The minimum absolute atomic E-state index is 0.114. The Morgan fingerprint density at radius 3 is 2.69 bits per heavy atom. The first kappa shape index (κ1) is 14.0. The third kappa shape index (κ3) is 4.84. The van der Waals surface area contributed by atoms with Crippen LogP contribution >= 0.6 is 0 Å². The normalized spacial score (nSPS) is 28.3. The van der Waals surface area contributed by atoms with Crippen molar-refractivity contribution in [2.75, 3.05) is 6.54 Å². The summed E-state index contributed by atoms with van der Waals surface area (Å²) in [4.78, 5) is 0. The van der Waals surface area contributed by atoms with Crippen LogP contribution in [0.25, 0.3) is 0 Å². The SMILES string of the molecule is CCC(O)CCNC1CCCC(C(C)C)C1. The van der Waals surface area contributed by atoms with Crippen molar-refractivity contribution in [1.82, 2.24) is 5.32 Å². The molecule has 0 amide bonds. The van der Waals surface area contributed by atoms with Crippen LogP contribution in [0.5, 0.6) is 0 Å². The maximum absolute atomic E-state index is 9.49. The Balaban J connectivity index is 2.17. The van der Waals surface area contributed by atoms with Gasteiger partial charge in [0.1, 0.15) is 0 Å². The van der Waals surface area contributed by atoms with E-state index in [-0.39, 0.29) is 6.10 Å². The second-order valence-electron chi connectivity index (χ2n) is 5.67. The van der Waals surface area contributed by atoms with Gasteiger partial charge in [0.05, 0.1) is 6.10 Å². The highest BCUT2D eigenvalue weighted by Gasteiger charge is 2.23. The number of aliphatic hydroxyl groups excluding tert-OH is 1. The quantitative estimate of drug-likeness (QED) is 0.731. The highest BCUT2D eigenvalue weighted by atomic mass is 16.3. The zero-order valence-electron chi connectivity index (χ0n) is 11.2. The Hall–Kier alpha value is -0.0800. The molecule has 1 aliphatic carbocycles. The lowest BCUT2D eigenvalue weighted by atomic mass is 9.79. The molecular formula is C14H29NO. The Bertz CT molecular complexity index is 182. The van der Waals surface area contributed by atoms with Crippen LogP contribution in [0.3, 0.4) is 0 Å².